The van der Waals surface area contributed by atoms with Crippen LogP contribution in [0.2, 0.25) is 0 Å². The molecule has 0 saturated heterocycles. The second-order valence-electron chi connectivity index (χ2n) is 5.87. The molecule has 2 aromatic rings. The van der Waals surface area contributed by atoms with Gasteiger partial charge in [-0.1, -0.05) is 0 Å². The molecule has 24 heavy (non-hydrogen) atoms. The zero-order chi connectivity index (χ0) is 17.7. The maximum atomic E-state index is 8.56. The molecule has 5 heteroatoms. The molecule has 0 spiro atoms. The van der Waals surface area contributed by atoms with Gasteiger partial charge in [0.15, 0.2) is 0 Å². The van der Waals surface area contributed by atoms with Crippen molar-refractivity contribution >= 4 is 17.2 Å². The maximum Gasteiger partial charge on any atom is 0.129 e. The zero-order valence-electron chi connectivity index (χ0n) is 14.9. The van der Waals surface area contributed by atoms with Crippen molar-refractivity contribution in [1.82, 2.24) is 4.98 Å². The Labute approximate surface area is 144 Å². The second-order valence-corrected chi connectivity index (χ2v) is 5.87. The van der Waals surface area contributed by atoms with E-state index in [1.807, 2.05) is 38.1 Å². The lowest BCUT2D eigenvalue weighted by Crippen LogP contribution is -2.27. The molecule has 1 heterocycles. The highest BCUT2D eigenvalue weighted by Gasteiger charge is 2.13. The minimum Gasteiger partial charge on any atom is -0.398 e. The molecule has 5 nitrogen and oxygen atoms in total. The van der Waals surface area contributed by atoms with Gasteiger partial charge in [0.2, 0.25) is 0 Å². The summed E-state index contributed by atoms with van der Waals surface area (Å²) in [7, 11) is 1.69. The molecule has 0 aliphatic rings. The van der Waals surface area contributed by atoms with E-state index in [1.165, 1.54) is 0 Å². The molecule has 0 aliphatic heterocycles. The molecule has 0 fully saturated rings. The number of anilines is 2. The third kappa shape index (κ3) is 3.92. The van der Waals surface area contributed by atoms with Gasteiger partial charge in [0.05, 0.1) is 12.3 Å². The fourth-order valence-corrected chi connectivity index (χ4v) is 2.59. The van der Waals surface area contributed by atoms with E-state index in [2.05, 4.69) is 16.8 Å². The zero-order valence-corrected chi connectivity index (χ0v) is 14.9. The van der Waals surface area contributed by atoms with Gasteiger partial charge in [0.25, 0.3) is 0 Å². The Morgan fingerprint density at radius 3 is 2.62 bits per heavy atom. The number of pyridine rings is 1. The number of likely N-dealkylation sites (N-methyl/N-ethyl adjacent to an activating group) is 1. The topological polar surface area (TPSA) is 75.2 Å². The van der Waals surface area contributed by atoms with Gasteiger partial charge in [-0.25, -0.2) is 4.98 Å². The van der Waals surface area contributed by atoms with Crippen molar-refractivity contribution in [3.05, 3.63) is 52.7 Å². The summed E-state index contributed by atoms with van der Waals surface area (Å²) in [5.74, 6) is 0.846. The van der Waals surface area contributed by atoms with Crippen LogP contribution >= 0.6 is 0 Å². The predicted octanol–water partition coefficient (Wildman–Crippen LogP) is 3.17. The normalized spacial score (nSPS) is 10.7. The SMILES string of the molecule is CCN(CCOC)c1cc(C(=N)c2cc(C)c(C)cc2N)ccn1. The Hall–Kier alpha value is -2.40. The number of methoxy groups -OCH3 is 1. The van der Waals surface area contributed by atoms with E-state index in [4.69, 9.17) is 15.9 Å². The number of nitrogen functional groups attached to an aromatic ring is 1. The molecule has 1 aromatic heterocycles. The number of nitrogens with zero attached hydrogens (tertiary/aromatic N) is 2. The first-order valence-corrected chi connectivity index (χ1v) is 8.13. The Morgan fingerprint density at radius 2 is 1.96 bits per heavy atom. The summed E-state index contributed by atoms with van der Waals surface area (Å²) >= 11 is 0. The van der Waals surface area contributed by atoms with Crippen molar-refractivity contribution in [1.29, 1.82) is 5.41 Å². The van der Waals surface area contributed by atoms with Gasteiger partial charge in [-0.2, -0.15) is 0 Å². The Morgan fingerprint density at radius 1 is 1.25 bits per heavy atom. The minimum atomic E-state index is 0.419. The molecule has 2 rings (SSSR count). The van der Waals surface area contributed by atoms with E-state index < -0.39 is 0 Å². The third-order valence-electron chi connectivity index (χ3n) is 4.24. The van der Waals surface area contributed by atoms with E-state index in [0.29, 0.717) is 18.0 Å². The average Bonchev–Trinajstić information content (AvgIpc) is 2.58. The lowest BCUT2D eigenvalue weighted by Gasteiger charge is -2.22. The summed E-state index contributed by atoms with van der Waals surface area (Å²) < 4.78 is 5.15. The van der Waals surface area contributed by atoms with Crippen molar-refractivity contribution in [3.8, 4) is 0 Å². The fraction of sp³-hybridized carbons (Fsp3) is 0.368. The number of aryl methyl sites for hydroxylation is 2. The van der Waals surface area contributed by atoms with E-state index in [9.17, 15) is 0 Å². The standard InChI is InChI=1S/C19H26N4O/c1-5-23(8-9-24-4)18-12-15(6-7-22-18)19(21)16-10-13(2)14(3)11-17(16)20/h6-7,10-12,21H,5,8-9,20H2,1-4H3. The summed E-state index contributed by atoms with van der Waals surface area (Å²) in [6.07, 6.45) is 1.74. The highest BCUT2D eigenvalue weighted by atomic mass is 16.5. The number of nitrogens with one attached hydrogen (secondary N) is 1. The number of nitrogens with two attached hydrogens (primary N) is 1. The summed E-state index contributed by atoms with van der Waals surface area (Å²) in [5, 5.41) is 8.56. The van der Waals surface area contributed by atoms with Crippen molar-refractivity contribution in [2.24, 2.45) is 0 Å². The first-order valence-electron chi connectivity index (χ1n) is 8.13. The predicted molar refractivity (Wildman–Crippen MR) is 100 cm³/mol. The number of aromatic nitrogens is 1. The quantitative estimate of drug-likeness (QED) is 0.605. The van der Waals surface area contributed by atoms with Gasteiger partial charge in [0.1, 0.15) is 5.82 Å². The second kappa shape index (κ2) is 7.93. The van der Waals surface area contributed by atoms with Gasteiger partial charge in [-0.05, 0) is 56.2 Å². The summed E-state index contributed by atoms with van der Waals surface area (Å²) in [6.45, 7) is 8.38. The number of rotatable bonds is 7. The van der Waals surface area contributed by atoms with Crippen molar-refractivity contribution in [2.75, 3.05) is 37.4 Å². The largest absolute Gasteiger partial charge is 0.398 e. The van der Waals surface area contributed by atoms with Crippen LogP contribution in [-0.2, 0) is 4.74 Å². The van der Waals surface area contributed by atoms with Crippen molar-refractivity contribution in [2.45, 2.75) is 20.8 Å². The molecule has 0 atom stereocenters. The number of hydrogen-bond donors (Lipinski definition) is 2. The minimum absolute atomic E-state index is 0.419. The number of ether oxygens (including phenoxy) is 1. The Balaban J connectivity index is 2.34. The van der Waals surface area contributed by atoms with Crippen LogP contribution in [0.25, 0.3) is 0 Å². The van der Waals surface area contributed by atoms with Crippen LogP contribution in [0, 0.1) is 19.3 Å². The number of benzene rings is 1. The highest BCUT2D eigenvalue weighted by Crippen LogP contribution is 2.22. The van der Waals surface area contributed by atoms with Crippen LogP contribution in [0.4, 0.5) is 11.5 Å². The lowest BCUT2D eigenvalue weighted by atomic mass is 9.97. The maximum absolute atomic E-state index is 8.56. The first-order chi connectivity index (χ1) is 11.5. The molecule has 128 valence electrons. The van der Waals surface area contributed by atoms with Crippen LogP contribution < -0.4 is 10.6 Å². The van der Waals surface area contributed by atoms with E-state index in [1.54, 1.807) is 13.3 Å². The van der Waals surface area contributed by atoms with Crippen LogP contribution in [0.1, 0.15) is 29.2 Å². The molecule has 0 unspecified atom stereocenters. The van der Waals surface area contributed by atoms with Crippen molar-refractivity contribution in [3.63, 3.8) is 0 Å². The van der Waals surface area contributed by atoms with Gasteiger partial charge in [-0.15, -0.1) is 0 Å². The average molecular weight is 326 g/mol. The van der Waals surface area contributed by atoms with Gasteiger partial charge in [-0.3, -0.25) is 5.41 Å². The van der Waals surface area contributed by atoms with Crippen molar-refractivity contribution < 1.29 is 4.74 Å². The van der Waals surface area contributed by atoms with Crippen LogP contribution in [0.15, 0.2) is 30.5 Å². The molecule has 0 saturated carbocycles. The number of hydrogen-bond acceptors (Lipinski definition) is 5. The lowest BCUT2D eigenvalue weighted by molar-refractivity contribution is 0.205. The highest BCUT2D eigenvalue weighted by molar-refractivity contribution is 6.14. The molecule has 0 aliphatic carbocycles. The van der Waals surface area contributed by atoms with Crippen LogP contribution in [0.3, 0.4) is 0 Å². The summed E-state index contributed by atoms with van der Waals surface area (Å²) in [4.78, 5) is 6.57. The first kappa shape index (κ1) is 17.9. The monoisotopic (exact) mass is 326 g/mol. The molecule has 3 N–H and O–H groups in total. The molecular formula is C19H26N4O. The third-order valence-corrected chi connectivity index (χ3v) is 4.24. The Kier molecular flexibility index (Phi) is 5.93. The summed E-state index contributed by atoms with van der Waals surface area (Å²) in [6, 6.07) is 7.70. The molecule has 0 radical (unpaired) electrons. The van der Waals surface area contributed by atoms with E-state index >= 15 is 0 Å². The molecule has 0 amide bonds. The van der Waals surface area contributed by atoms with Gasteiger partial charge in [0, 0.05) is 43.2 Å². The smallest absolute Gasteiger partial charge is 0.129 e. The van der Waals surface area contributed by atoms with Crippen LogP contribution in [-0.4, -0.2) is 37.5 Å². The molecule has 1 aromatic carbocycles. The van der Waals surface area contributed by atoms with E-state index in [-0.39, 0.29) is 0 Å². The fourth-order valence-electron chi connectivity index (χ4n) is 2.59. The van der Waals surface area contributed by atoms with Gasteiger partial charge >= 0.3 is 0 Å². The summed E-state index contributed by atoms with van der Waals surface area (Å²) in [5.41, 5.74) is 11.0. The van der Waals surface area contributed by atoms with Gasteiger partial charge < -0.3 is 15.4 Å². The molecule has 0 bridgehead atoms. The van der Waals surface area contributed by atoms with E-state index in [0.717, 1.165) is 41.2 Å². The molecular weight excluding hydrogens is 300 g/mol. The van der Waals surface area contributed by atoms with Crippen LogP contribution in [0.5, 0.6) is 0 Å². The Bertz CT molecular complexity index is 727.